The first-order valence-electron chi connectivity index (χ1n) is 6.30. The Morgan fingerprint density at radius 3 is 3.05 bits per heavy atom. The van der Waals surface area contributed by atoms with Gasteiger partial charge in [0.2, 0.25) is 11.8 Å². The van der Waals surface area contributed by atoms with Gasteiger partial charge in [-0.3, -0.25) is 0 Å². The number of ether oxygens (including phenoxy) is 1. The van der Waals surface area contributed by atoms with Crippen molar-refractivity contribution in [3.05, 3.63) is 47.8 Å². The predicted molar refractivity (Wildman–Crippen MR) is 75.8 cm³/mol. The summed E-state index contributed by atoms with van der Waals surface area (Å²) in [4.78, 5) is 8.48. The summed E-state index contributed by atoms with van der Waals surface area (Å²) in [6, 6.07) is 7.77. The zero-order valence-corrected chi connectivity index (χ0v) is 11.4. The lowest BCUT2D eigenvalue weighted by Gasteiger charge is -2.03. The van der Waals surface area contributed by atoms with Gasteiger partial charge in [-0.25, -0.2) is 9.50 Å². The molecule has 0 amide bonds. The zero-order valence-electron chi connectivity index (χ0n) is 11.4. The Hall–Kier alpha value is -2.63. The number of hydrogen-bond donors (Lipinski definition) is 1. The molecular formula is C14H15N5O. The van der Waals surface area contributed by atoms with Crippen LogP contribution in [0.4, 0.5) is 5.95 Å². The van der Waals surface area contributed by atoms with E-state index in [1.807, 2.05) is 37.4 Å². The van der Waals surface area contributed by atoms with Gasteiger partial charge in [0.15, 0.2) is 5.65 Å². The minimum absolute atomic E-state index is 0.600. The van der Waals surface area contributed by atoms with Crippen molar-refractivity contribution >= 4 is 11.6 Å². The van der Waals surface area contributed by atoms with Crippen LogP contribution in [0.25, 0.3) is 5.65 Å². The number of methoxy groups -OCH3 is 1. The number of nitrogens with one attached hydrogen (secondary N) is 1. The lowest BCUT2D eigenvalue weighted by atomic mass is 10.2. The first kappa shape index (κ1) is 12.4. The largest absolute Gasteiger partial charge is 0.481 e. The molecule has 102 valence electrons. The molecule has 0 aliphatic rings. The summed E-state index contributed by atoms with van der Waals surface area (Å²) < 4.78 is 6.86. The second kappa shape index (κ2) is 5.16. The van der Waals surface area contributed by atoms with Crippen molar-refractivity contribution in [1.29, 1.82) is 0 Å². The molecule has 0 atom stereocenters. The first-order chi connectivity index (χ1) is 9.74. The van der Waals surface area contributed by atoms with E-state index in [0.29, 0.717) is 18.4 Å². The van der Waals surface area contributed by atoms with E-state index in [-0.39, 0.29) is 0 Å². The van der Waals surface area contributed by atoms with Gasteiger partial charge in [-0.2, -0.15) is 4.98 Å². The second-order valence-electron chi connectivity index (χ2n) is 4.50. The van der Waals surface area contributed by atoms with E-state index in [0.717, 1.165) is 16.8 Å². The molecule has 0 radical (unpaired) electrons. The van der Waals surface area contributed by atoms with Gasteiger partial charge < -0.3 is 10.1 Å². The molecule has 0 saturated heterocycles. The second-order valence-corrected chi connectivity index (χ2v) is 4.50. The van der Waals surface area contributed by atoms with Crippen molar-refractivity contribution in [3.8, 4) is 5.88 Å². The van der Waals surface area contributed by atoms with Gasteiger partial charge in [0, 0.05) is 25.0 Å². The number of aromatic nitrogens is 4. The lowest BCUT2D eigenvalue weighted by molar-refractivity contribution is 0.397. The minimum atomic E-state index is 0.600. The molecule has 3 aromatic heterocycles. The number of anilines is 1. The van der Waals surface area contributed by atoms with Crippen molar-refractivity contribution < 1.29 is 4.74 Å². The highest BCUT2D eigenvalue weighted by Gasteiger charge is 2.03. The van der Waals surface area contributed by atoms with Gasteiger partial charge in [-0.15, -0.1) is 5.10 Å². The number of nitrogens with zero attached hydrogens (tertiary/aromatic N) is 4. The number of hydrogen-bond acceptors (Lipinski definition) is 5. The average Bonchev–Trinajstić information content (AvgIpc) is 2.87. The summed E-state index contributed by atoms with van der Waals surface area (Å²) in [5, 5.41) is 7.57. The number of fused-ring (bicyclic) bond motifs is 1. The molecular weight excluding hydrogens is 254 g/mol. The molecule has 0 aliphatic carbocycles. The van der Waals surface area contributed by atoms with Gasteiger partial charge >= 0.3 is 0 Å². The fourth-order valence-electron chi connectivity index (χ4n) is 1.91. The number of rotatable bonds is 4. The van der Waals surface area contributed by atoms with Gasteiger partial charge in [0.1, 0.15) is 0 Å². The molecule has 1 N–H and O–H groups in total. The molecule has 0 saturated carbocycles. The molecule has 20 heavy (non-hydrogen) atoms. The molecule has 0 fully saturated rings. The van der Waals surface area contributed by atoms with Crippen molar-refractivity contribution in [2.24, 2.45) is 0 Å². The molecule has 0 unspecified atom stereocenters. The van der Waals surface area contributed by atoms with Gasteiger partial charge in [-0.05, 0) is 30.2 Å². The van der Waals surface area contributed by atoms with Crippen LogP contribution in [0.3, 0.4) is 0 Å². The SMILES string of the molecule is COc1cc(CNc2nc3ccc(C)cn3n2)ccn1. The van der Waals surface area contributed by atoms with Gasteiger partial charge in [-0.1, -0.05) is 6.07 Å². The van der Waals surface area contributed by atoms with E-state index in [1.165, 1.54) is 0 Å². The van der Waals surface area contributed by atoms with Crippen LogP contribution in [-0.4, -0.2) is 26.7 Å². The summed E-state index contributed by atoms with van der Waals surface area (Å²) >= 11 is 0. The Bertz CT molecular complexity index is 737. The molecule has 3 aromatic rings. The van der Waals surface area contributed by atoms with Crippen molar-refractivity contribution in [2.75, 3.05) is 12.4 Å². The third kappa shape index (κ3) is 2.54. The van der Waals surface area contributed by atoms with Crippen LogP contribution >= 0.6 is 0 Å². The fraction of sp³-hybridized carbons (Fsp3) is 0.214. The third-order valence-corrected chi connectivity index (χ3v) is 2.94. The van der Waals surface area contributed by atoms with Crippen LogP contribution in [0.15, 0.2) is 36.7 Å². The molecule has 0 bridgehead atoms. The zero-order chi connectivity index (χ0) is 13.9. The normalized spacial score (nSPS) is 10.7. The highest BCUT2D eigenvalue weighted by Crippen LogP contribution is 2.11. The predicted octanol–water partition coefficient (Wildman–Crippen LogP) is 2.05. The van der Waals surface area contributed by atoms with Crippen LogP contribution in [0.1, 0.15) is 11.1 Å². The summed E-state index contributed by atoms with van der Waals surface area (Å²) in [6.07, 6.45) is 3.67. The van der Waals surface area contributed by atoms with E-state index in [2.05, 4.69) is 20.4 Å². The Balaban J connectivity index is 1.76. The molecule has 6 heteroatoms. The molecule has 6 nitrogen and oxygen atoms in total. The maximum absolute atomic E-state index is 5.09. The maximum Gasteiger partial charge on any atom is 0.243 e. The Labute approximate surface area is 116 Å². The van der Waals surface area contributed by atoms with Crippen LogP contribution in [0.2, 0.25) is 0 Å². The number of aryl methyl sites for hydroxylation is 1. The van der Waals surface area contributed by atoms with Crippen molar-refractivity contribution in [2.45, 2.75) is 13.5 Å². The average molecular weight is 269 g/mol. The number of pyridine rings is 2. The fourth-order valence-corrected chi connectivity index (χ4v) is 1.91. The highest BCUT2D eigenvalue weighted by molar-refractivity contribution is 5.44. The molecule has 0 aliphatic heterocycles. The quantitative estimate of drug-likeness (QED) is 0.785. The van der Waals surface area contributed by atoms with E-state index in [4.69, 9.17) is 4.74 Å². The van der Waals surface area contributed by atoms with Crippen LogP contribution < -0.4 is 10.1 Å². The topological polar surface area (TPSA) is 64.3 Å². The van der Waals surface area contributed by atoms with Crippen LogP contribution in [0.5, 0.6) is 5.88 Å². The Morgan fingerprint density at radius 1 is 1.30 bits per heavy atom. The standard InChI is InChI=1S/C14H15N5O/c1-10-3-4-12-17-14(18-19(12)9-10)16-8-11-5-6-15-13(7-11)20-2/h3-7,9H,8H2,1-2H3,(H,16,18). The monoisotopic (exact) mass is 269 g/mol. The lowest BCUT2D eigenvalue weighted by Crippen LogP contribution is -2.02. The summed E-state index contributed by atoms with van der Waals surface area (Å²) in [5.74, 6) is 1.20. The van der Waals surface area contributed by atoms with Crippen molar-refractivity contribution in [3.63, 3.8) is 0 Å². The third-order valence-electron chi connectivity index (χ3n) is 2.94. The Kier molecular flexibility index (Phi) is 3.20. The summed E-state index contributed by atoms with van der Waals surface area (Å²) in [7, 11) is 1.60. The van der Waals surface area contributed by atoms with E-state index in [1.54, 1.807) is 17.8 Å². The van der Waals surface area contributed by atoms with Gasteiger partial charge in [0.05, 0.1) is 7.11 Å². The molecule has 0 aromatic carbocycles. The smallest absolute Gasteiger partial charge is 0.243 e. The Morgan fingerprint density at radius 2 is 2.20 bits per heavy atom. The first-order valence-corrected chi connectivity index (χ1v) is 6.30. The summed E-state index contributed by atoms with van der Waals surface area (Å²) in [5.41, 5.74) is 3.03. The molecule has 0 spiro atoms. The molecule has 3 heterocycles. The van der Waals surface area contributed by atoms with Crippen molar-refractivity contribution in [1.82, 2.24) is 19.6 Å². The molecule has 3 rings (SSSR count). The van der Waals surface area contributed by atoms with E-state index < -0.39 is 0 Å². The van der Waals surface area contributed by atoms with Gasteiger partial charge in [0.25, 0.3) is 0 Å². The highest BCUT2D eigenvalue weighted by atomic mass is 16.5. The maximum atomic E-state index is 5.09. The van der Waals surface area contributed by atoms with Crippen LogP contribution in [0, 0.1) is 6.92 Å². The summed E-state index contributed by atoms with van der Waals surface area (Å²) in [6.45, 7) is 2.65. The van der Waals surface area contributed by atoms with Crippen LogP contribution in [-0.2, 0) is 6.54 Å². The van der Waals surface area contributed by atoms with E-state index in [9.17, 15) is 0 Å². The van der Waals surface area contributed by atoms with E-state index >= 15 is 0 Å². The minimum Gasteiger partial charge on any atom is -0.481 e.